The van der Waals surface area contributed by atoms with Gasteiger partial charge in [0.1, 0.15) is 12.5 Å². The molecule has 0 aromatic heterocycles. The second kappa shape index (κ2) is 4.22. The third kappa shape index (κ3) is 2.31. The SMILES string of the molecule is [CH2]N(C(O)C=C)C(O)C=C. The van der Waals surface area contributed by atoms with Crippen LogP contribution in [0, 0.1) is 7.05 Å². The zero-order valence-corrected chi connectivity index (χ0v) is 5.77. The predicted octanol–water partition coefficient (Wildman–Crippen LogP) is 0.0888. The molecule has 0 saturated heterocycles. The molecule has 0 aliphatic carbocycles. The summed E-state index contributed by atoms with van der Waals surface area (Å²) in [4.78, 5) is 1.07. The van der Waals surface area contributed by atoms with Crippen LogP contribution >= 0.6 is 0 Å². The first kappa shape index (κ1) is 9.36. The fraction of sp³-hybridized carbons (Fsp3) is 0.286. The van der Waals surface area contributed by atoms with E-state index in [1.807, 2.05) is 0 Å². The van der Waals surface area contributed by atoms with Gasteiger partial charge in [-0.1, -0.05) is 13.2 Å². The van der Waals surface area contributed by atoms with Crippen molar-refractivity contribution in [2.75, 3.05) is 0 Å². The van der Waals surface area contributed by atoms with Gasteiger partial charge < -0.3 is 10.2 Å². The Morgan fingerprint density at radius 3 is 1.60 bits per heavy atom. The van der Waals surface area contributed by atoms with Gasteiger partial charge in [-0.05, 0) is 12.2 Å². The van der Waals surface area contributed by atoms with Crippen molar-refractivity contribution in [2.45, 2.75) is 12.5 Å². The Morgan fingerprint density at radius 1 is 1.10 bits per heavy atom. The molecular weight excluding hydrogens is 130 g/mol. The van der Waals surface area contributed by atoms with Crippen molar-refractivity contribution < 1.29 is 10.2 Å². The van der Waals surface area contributed by atoms with E-state index in [-0.39, 0.29) is 0 Å². The van der Waals surface area contributed by atoms with Gasteiger partial charge in [0, 0.05) is 7.05 Å². The number of aliphatic hydroxyl groups excluding tert-OH is 2. The molecule has 3 heteroatoms. The van der Waals surface area contributed by atoms with E-state index in [2.05, 4.69) is 20.2 Å². The van der Waals surface area contributed by atoms with E-state index in [0.29, 0.717) is 0 Å². The van der Waals surface area contributed by atoms with Crippen molar-refractivity contribution in [1.29, 1.82) is 0 Å². The summed E-state index contributed by atoms with van der Waals surface area (Å²) in [5, 5.41) is 17.9. The molecule has 0 aromatic rings. The lowest BCUT2D eigenvalue weighted by Gasteiger charge is -2.23. The Bertz CT molecular complexity index is 111. The van der Waals surface area contributed by atoms with Gasteiger partial charge in [0.15, 0.2) is 0 Å². The maximum absolute atomic E-state index is 8.97. The predicted molar refractivity (Wildman–Crippen MR) is 39.6 cm³/mol. The van der Waals surface area contributed by atoms with Crippen LogP contribution in [-0.2, 0) is 0 Å². The van der Waals surface area contributed by atoms with Gasteiger partial charge in [-0.15, -0.1) is 0 Å². The van der Waals surface area contributed by atoms with E-state index in [1.54, 1.807) is 0 Å². The highest BCUT2D eigenvalue weighted by Crippen LogP contribution is 2.00. The lowest BCUT2D eigenvalue weighted by Crippen LogP contribution is -2.35. The van der Waals surface area contributed by atoms with Crippen LogP contribution in [-0.4, -0.2) is 27.6 Å². The first-order valence-corrected chi connectivity index (χ1v) is 2.83. The number of nitrogens with zero attached hydrogens (tertiary/aromatic N) is 1. The fourth-order valence-corrected chi connectivity index (χ4v) is 0.427. The molecule has 0 amide bonds. The third-order valence-electron chi connectivity index (χ3n) is 1.10. The minimum atomic E-state index is -0.937. The van der Waals surface area contributed by atoms with Crippen LogP contribution in [0.25, 0.3) is 0 Å². The van der Waals surface area contributed by atoms with Crippen LogP contribution in [0.5, 0.6) is 0 Å². The second-order valence-corrected chi connectivity index (χ2v) is 1.81. The normalized spacial score (nSPS) is 16.4. The maximum atomic E-state index is 8.97. The Balaban J connectivity index is 3.91. The summed E-state index contributed by atoms with van der Waals surface area (Å²) in [7, 11) is 3.37. The number of rotatable bonds is 4. The van der Waals surface area contributed by atoms with Crippen LogP contribution in [0.3, 0.4) is 0 Å². The topological polar surface area (TPSA) is 43.7 Å². The number of hydrogen-bond donors (Lipinski definition) is 2. The summed E-state index contributed by atoms with van der Waals surface area (Å²) in [5.74, 6) is 0. The van der Waals surface area contributed by atoms with E-state index < -0.39 is 12.5 Å². The molecule has 0 saturated carbocycles. The molecule has 0 rings (SSSR count). The zero-order valence-electron chi connectivity index (χ0n) is 5.77. The Hall–Kier alpha value is -0.640. The van der Waals surface area contributed by atoms with Gasteiger partial charge in [-0.25, -0.2) is 4.90 Å². The van der Waals surface area contributed by atoms with Crippen LogP contribution in [0.2, 0.25) is 0 Å². The molecule has 2 unspecified atom stereocenters. The molecule has 2 N–H and O–H groups in total. The summed E-state index contributed by atoms with van der Waals surface area (Å²) < 4.78 is 0. The van der Waals surface area contributed by atoms with E-state index >= 15 is 0 Å². The molecule has 0 spiro atoms. The third-order valence-corrected chi connectivity index (χ3v) is 1.10. The molecule has 0 fully saturated rings. The standard InChI is InChI=1S/C7H12NO2/c1-4-6(9)8(3)7(10)5-2/h4-7,9-10H,1-3H2. The molecule has 0 heterocycles. The van der Waals surface area contributed by atoms with Gasteiger partial charge in [0.2, 0.25) is 0 Å². The van der Waals surface area contributed by atoms with Crippen molar-refractivity contribution in [3.05, 3.63) is 32.4 Å². The van der Waals surface area contributed by atoms with E-state index in [4.69, 9.17) is 10.2 Å². The minimum Gasteiger partial charge on any atom is -0.375 e. The average Bonchev–Trinajstić information content (AvgIpc) is 2.00. The Kier molecular flexibility index (Phi) is 3.95. The van der Waals surface area contributed by atoms with E-state index in [0.717, 1.165) is 4.90 Å². The zero-order chi connectivity index (χ0) is 8.15. The summed E-state index contributed by atoms with van der Waals surface area (Å²) in [6.07, 6.45) is 0.653. The number of aliphatic hydroxyl groups is 2. The highest BCUT2D eigenvalue weighted by molar-refractivity contribution is 4.86. The lowest BCUT2D eigenvalue weighted by molar-refractivity contribution is -0.0238. The molecule has 1 radical (unpaired) electrons. The molecule has 0 aliphatic heterocycles. The first-order valence-electron chi connectivity index (χ1n) is 2.83. The Labute approximate surface area is 60.9 Å². The maximum Gasteiger partial charge on any atom is 0.128 e. The molecule has 10 heavy (non-hydrogen) atoms. The average molecular weight is 142 g/mol. The van der Waals surface area contributed by atoms with Gasteiger partial charge in [-0.3, -0.25) is 0 Å². The second-order valence-electron chi connectivity index (χ2n) is 1.81. The monoisotopic (exact) mass is 142 g/mol. The van der Waals surface area contributed by atoms with Gasteiger partial charge in [0.25, 0.3) is 0 Å². The van der Waals surface area contributed by atoms with Crippen LogP contribution < -0.4 is 0 Å². The fourth-order valence-electron chi connectivity index (χ4n) is 0.427. The summed E-state index contributed by atoms with van der Waals surface area (Å²) >= 11 is 0. The summed E-state index contributed by atoms with van der Waals surface area (Å²) in [5.41, 5.74) is 0. The molecule has 0 aromatic carbocycles. The molecule has 57 valence electrons. The summed E-state index contributed by atoms with van der Waals surface area (Å²) in [6, 6.07) is 0. The van der Waals surface area contributed by atoms with Crippen molar-refractivity contribution in [2.24, 2.45) is 0 Å². The molecular formula is C7H12NO2. The van der Waals surface area contributed by atoms with Gasteiger partial charge in [-0.2, -0.15) is 0 Å². The van der Waals surface area contributed by atoms with Gasteiger partial charge in [0.05, 0.1) is 0 Å². The van der Waals surface area contributed by atoms with Crippen LogP contribution in [0.1, 0.15) is 0 Å². The molecule has 2 atom stereocenters. The smallest absolute Gasteiger partial charge is 0.128 e. The highest BCUT2D eigenvalue weighted by Gasteiger charge is 2.12. The van der Waals surface area contributed by atoms with Crippen molar-refractivity contribution in [3.63, 3.8) is 0 Å². The quantitative estimate of drug-likeness (QED) is 0.432. The van der Waals surface area contributed by atoms with Crippen LogP contribution in [0.15, 0.2) is 25.3 Å². The highest BCUT2D eigenvalue weighted by atomic mass is 16.3. The van der Waals surface area contributed by atoms with Crippen molar-refractivity contribution >= 4 is 0 Å². The largest absolute Gasteiger partial charge is 0.375 e. The van der Waals surface area contributed by atoms with Gasteiger partial charge >= 0.3 is 0 Å². The lowest BCUT2D eigenvalue weighted by atomic mass is 10.4. The first-order chi connectivity index (χ1) is 4.63. The Morgan fingerprint density at radius 2 is 1.40 bits per heavy atom. The number of hydrogen-bond acceptors (Lipinski definition) is 3. The van der Waals surface area contributed by atoms with E-state index in [9.17, 15) is 0 Å². The van der Waals surface area contributed by atoms with Crippen LogP contribution in [0.4, 0.5) is 0 Å². The molecule has 0 aliphatic rings. The minimum absolute atomic E-state index is 0.937. The van der Waals surface area contributed by atoms with E-state index in [1.165, 1.54) is 12.2 Å². The van der Waals surface area contributed by atoms with Crippen molar-refractivity contribution in [3.8, 4) is 0 Å². The molecule has 3 nitrogen and oxygen atoms in total. The van der Waals surface area contributed by atoms with Crippen molar-refractivity contribution in [1.82, 2.24) is 4.90 Å². The molecule has 0 bridgehead atoms. The summed E-state index contributed by atoms with van der Waals surface area (Å²) in [6.45, 7) is 6.64.